The van der Waals surface area contributed by atoms with Crippen LogP contribution < -0.4 is 5.32 Å². The van der Waals surface area contributed by atoms with Gasteiger partial charge < -0.3 is 0 Å². The molecule has 1 aliphatic rings. The van der Waals surface area contributed by atoms with Gasteiger partial charge >= 0.3 is 27.3 Å². The predicted molar refractivity (Wildman–Crippen MR) is 29.0 cm³/mol. The van der Waals surface area contributed by atoms with Crippen LogP contribution in [0.1, 0.15) is 0 Å². The summed E-state index contributed by atoms with van der Waals surface area (Å²) in [6.07, 6.45) is 7.28. The van der Waals surface area contributed by atoms with E-state index in [4.69, 9.17) is 0 Å². The summed E-state index contributed by atoms with van der Waals surface area (Å²) in [5.41, 5.74) is 0. The Kier molecular flexibility index (Phi) is 3.51. The second-order valence-corrected chi connectivity index (χ2v) is 0.832. The van der Waals surface area contributed by atoms with Crippen molar-refractivity contribution >= 4 is 27.3 Å². The quantitative estimate of drug-likeness (QED) is 0.540. The van der Waals surface area contributed by atoms with Crippen molar-refractivity contribution in [2.24, 2.45) is 0 Å². The van der Waals surface area contributed by atoms with Crippen LogP contribution in [-0.4, -0.2) is 27.3 Å². The minimum absolute atomic E-state index is 0. The topological polar surface area (TPSA) is 14.1 Å². The Morgan fingerprint density at radius 2 is 1.50 bits per heavy atom. The Morgan fingerprint density at radius 3 is 1.67 bits per heavy atom. The van der Waals surface area contributed by atoms with Crippen LogP contribution in [0.5, 0.6) is 0 Å². The van der Waals surface area contributed by atoms with Crippen molar-refractivity contribution in [3.63, 3.8) is 0 Å². The zero-order valence-corrected chi connectivity index (χ0v) is 8.96. The molecule has 0 atom stereocenters. The first-order chi connectivity index (χ1) is 2.50. The first kappa shape index (κ1) is 6.20. The van der Waals surface area contributed by atoms with Crippen LogP contribution >= 0.6 is 0 Å². The molecule has 0 N–H and O–H groups in total. The molecule has 0 bridgehead atoms. The summed E-state index contributed by atoms with van der Waals surface area (Å²) in [5.74, 6) is 0. The molecule has 0 fully saturated rings. The van der Waals surface area contributed by atoms with E-state index in [1.165, 1.54) is 0 Å². The molecule has 3 radical (unpaired) electrons. The van der Waals surface area contributed by atoms with E-state index in [1.54, 1.807) is 12.4 Å². The van der Waals surface area contributed by atoms with Gasteiger partial charge in [-0.15, -0.1) is 0 Å². The van der Waals surface area contributed by atoms with Gasteiger partial charge in [0.05, 0.1) is 0 Å². The SMILES string of the molecule is C1=C[N]C=C1.[PbH2]. The van der Waals surface area contributed by atoms with Crippen molar-refractivity contribution in [1.82, 2.24) is 5.32 Å². The van der Waals surface area contributed by atoms with E-state index in [1.807, 2.05) is 12.2 Å². The molecule has 0 aromatic rings. The van der Waals surface area contributed by atoms with Crippen molar-refractivity contribution in [2.75, 3.05) is 0 Å². The number of rotatable bonds is 0. The van der Waals surface area contributed by atoms with Gasteiger partial charge in [-0.25, -0.2) is 0 Å². The molecular weight excluding hydrogens is 269 g/mol. The normalized spacial score (nSPS) is 13.3. The first-order valence-corrected chi connectivity index (χ1v) is 1.52. The number of nitrogens with zero attached hydrogens (tertiary/aromatic N) is 1. The summed E-state index contributed by atoms with van der Waals surface area (Å²) in [7, 11) is 0. The van der Waals surface area contributed by atoms with Crippen LogP contribution in [0.15, 0.2) is 24.6 Å². The number of hydrogen-bond acceptors (Lipinski definition) is 0. The second-order valence-electron chi connectivity index (χ2n) is 0.832. The third-order valence-corrected chi connectivity index (χ3v) is 0.455. The molecular formula is C4H6NPb. The summed E-state index contributed by atoms with van der Waals surface area (Å²) in [4.78, 5) is 0. The van der Waals surface area contributed by atoms with Gasteiger partial charge in [-0.3, -0.25) is 5.32 Å². The standard InChI is InChI=1S/C4H4N.Pb.2H/c1-2-4-5-3-1;;;/h1-4H;;;. The summed E-state index contributed by atoms with van der Waals surface area (Å²) in [6.45, 7) is 0. The molecule has 1 rings (SSSR count). The van der Waals surface area contributed by atoms with Crippen molar-refractivity contribution in [3.8, 4) is 0 Å². The van der Waals surface area contributed by atoms with E-state index < -0.39 is 0 Å². The van der Waals surface area contributed by atoms with Gasteiger partial charge in [0, 0.05) is 12.4 Å². The summed E-state index contributed by atoms with van der Waals surface area (Å²) in [5, 5.41) is 3.72. The predicted octanol–water partition coefficient (Wildman–Crippen LogP) is -0.284. The Balaban J connectivity index is 0.000000250. The number of allylic oxidation sites excluding steroid dienone is 2. The summed E-state index contributed by atoms with van der Waals surface area (Å²) < 4.78 is 0. The fourth-order valence-corrected chi connectivity index (χ4v) is 0.248. The zero-order valence-electron chi connectivity index (χ0n) is 3.46. The van der Waals surface area contributed by atoms with Crippen molar-refractivity contribution < 1.29 is 0 Å². The van der Waals surface area contributed by atoms with Gasteiger partial charge in [-0.2, -0.15) is 0 Å². The van der Waals surface area contributed by atoms with Crippen molar-refractivity contribution in [1.29, 1.82) is 0 Å². The van der Waals surface area contributed by atoms with Gasteiger partial charge in [-0.05, 0) is 12.2 Å². The third kappa shape index (κ3) is 1.59. The molecule has 1 heterocycles. The van der Waals surface area contributed by atoms with Crippen LogP contribution in [0.3, 0.4) is 0 Å². The third-order valence-electron chi connectivity index (χ3n) is 0.455. The Labute approximate surface area is 57.3 Å². The molecule has 31 valence electrons. The molecule has 0 aliphatic carbocycles. The van der Waals surface area contributed by atoms with Gasteiger partial charge in [0.2, 0.25) is 0 Å². The molecule has 0 amide bonds. The first-order valence-electron chi connectivity index (χ1n) is 1.52. The van der Waals surface area contributed by atoms with Gasteiger partial charge in [0.15, 0.2) is 0 Å². The molecule has 0 spiro atoms. The maximum absolute atomic E-state index is 3.72. The van der Waals surface area contributed by atoms with Gasteiger partial charge in [0.1, 0.15) is 0 Å². The van der Waals surface area contributed by atoms with E-state index >= 15 is 0 Å². The fourth-order valence-electron chi connectivity index (χ4n) is 0.248. The molecule has 0 aromatic carbocycles. The van der Waals surface area contributed by atoms with Crippen LogP contribution in [0.4, 0.5) is 0 Å². The molecule has 0 unspecified atom stereocenters. The minimum atomic E-state index is 0. The Bertz CT molecular complexity index is 65.6. The molecule has 1 nitrogen and oxygen atoms in total. The van der Waals surface area contributed by atoms with Crippen molar-refractivity contribution in [2.45, 2.75) is 0 Å². The monoisotopic (exact) mass is 276 g/mol. The van der Waals surface area contributed by atoms with Crippen LogP contribution in [0.25, 0.3) is 0 Å². The summed E-state index contributed by atoms with van der Waals surface area (Å²) in [6, 6.07) is 0. The molecule has 0 saturated carbocycles. The average molecular weight is 275 g/mol. The van der Waals surface area contributed by atoms with E-state index in [0.717, 1.165) is 0 Å². The Morgan fingerprint density at radius 1 is 1.00 bits per heavy atom. The van der Waals surface area contributed by atoms with Crippen LogP contribution in [0.2, 0.25) is 0 Å². The number of hydrogen-bond donors (Lipinski definition) is 0. The molecule has 1 aliphatic heterocycles. The Hall–Kier alpha value is 0.202. The van der Waals surface area contributed by atoms with E-state index in [0.29, 0.717) is 0 Å². The van der Waals surface area contributed by atoms with E-state index in [-0.39, 0.29) is 27.3 Å². The molecule has 2 heteroatoms. The second kappa shape index (κ2) is 3.39. The van der Waals surface area contributed by atoms with Crippen LogP contribution in [0, 0.1) is 0 Å². The van der Waals surface area contributed by atoms with Gasteiger partial charge in [-0.1, -0.05) is 0 Å². The molecule has 0 saturated heterocycles. The van der Waals surface area contributed by atoms with Gasteiger partial charge in [0.25, 0.3) is 0 Å². The van der Waals surface area contributed by atoms with Crippen LogP contribution in [-0.2, 0) is 0 Å². The summed E-state index contributed by atoms with van der Waals surface area (Å²) >= 11 is 0. The van der Waals surface area contributed by atoms with E-state index in [2.05, 4.69) is 5.32 Å². The van der Waals surface area contributed by atoms with E-state index in [9.17, 15) is 0 Å². The zero-order chi connectivity index (χ0) is 3.54. The molecule has 0 aromatic heterocycles. The average Bonchev–Trinajstić information content (AvgIpc) is 1.76. The van der Waals surface area contributed by atoms with Crippen molar-refractivity contribution in [3.05, 3.63) is 24.6 Å². The molecule has 6 heavy (non-hydrogen) atoms. The maximum atomic E-state index is 3.72. The fraction of sp³-hybridized carbons (Fsp3) is 0.